The molecule has 0 aromatic heterocycles. The fraction of sp³-hybridized carbons (Fsp3) is 0.417. The number of rotatable bonds is 10. The zero-order valence-electron chi connectivity index (χ0n) is 17.3. The van der Waals surface area contributed by atoms with Gasteiger partial charge in [-0.05, 0) is 69.3 Å². The lowest BCUT2D eigenvalue weighted by molar-refractivity contribution is 0.269. The van der Waals surface area contributed by atoms with Crippen LogP contribution in [-0.2, 0) is 13.2 Å². The van der Waals surface area contributed by atoms with Gasteiger partial charge in [0.05, 0.1) is 6.61 Å². The van der Waals surface area contributed by atoms with Gasteiger partial charge in [-0.15, -0.1) is 0 Å². The minimum atomic E-state index is 0.305. The Kier molecular flexibility index (Phi) is 9.20. The lowest BCUT2D eigenvalue weighted by Gasteiger charge is -2.16. The van der Waals surface area contributed by atoms with E-state index >= 15 is 0 Å². The van der Waals surface area contributed by atoms with E-state index in [2.05, 4.69) is 11.4 Å². The first kappa shape index (κ1) is 23.3. The largest absolute Gasteiger partial charge is 0.490 e. The normalized spacial score (nSPS) is 13.8. The number of hydrogen-bond donors (Lipinski definition) is 1. The van der Waals surface area contributed by atoms with Crippen LogP contribution < -0.4 is 14.8 Å². The van der Waals surface area contributed by atoms with Gasteiger partial charge in [0.1, 0.15) is 6.61 Å². The van der Waals surface area contributed by atoms with E-state index in [4.69, 9.17) is 44.3 Å². The van der Waals surface area contributed by atoms with Crippen LogP contribution in [0.25, 0.3) is 0 Å². The lowest BCUT2D eigenvalue weighted by atomic mass is 9.97. The molecule has 0 bridgehead atoms. The molecule has 1 aliphatic rings. The van der Waals surface area contributed by atoms with Gasteiger partial charge in [-0.3, -0.25) is 0 Å². The highest BCUT2D eigenvalue weighted by atomic mass is 35.5. The molecule has 1 N–H and O–H groups in total. The first-order chi connectivity index (χ1) is 14.6. The maximum Gasteiger partial charge on any atom is 0.163 e. The second-order valence-electron chi connectivity index (χ2n) is 7.38. The van der Waals surface area contributed by atoms with Crippen molar-refractivity contribution >= 4 is 34.8 Å². The van der Waals surface area contributed by atoms with Gasteiger partial charge in [-0.1, -0.05) is 52.5 Å². The minimum absolute atomic E-state index is 0.305. The van der Waals surface area contributed by atoms with E-state index in [-0.39, 0.29) is 0 Å². The summed E-state index contributed by atoms with van der Waals surface area (Å²) in [5.74, 6) is 1.28. The average molecular weight is 469 g/mol. The van der Waals surface area contributed by atoms with Crippen molar-refractivity contribution < 1.29 is 9.47 Å². The predicted molar refractivity (Wildman–Crippen MR) is 126 cm³/mol. The third kappa shape index (κ3) is 6.81. The van der Waals surface area contributed by atoms with Crippen molar-refractivity contribution in [1.82, 2.24) is 5.32 Å². The van der Waals surface area contributed by atoms with Gasteiger partial charge >= 0.3 is 0 Å². The molecule has 0 unspecified atom stereocenters. The van der Waals surface area contributed by atoms with Crippen molar-refractivity contribution in [3.8, 4) is 11.5 Å². The van der Waals surface area contributed by atoms with Crippen molar-refractivity contribution in [2.24, 2.45) is 0 Å². The molecule has 1 aliphatic carbocycles. The van der Waals surface area contributed by atoms with Crippen LogP contribution in [0.4, 0.5) is 0 Å². The van der Waals surface area contributed by atoms with E-state index in [0.717, 1.165) is 24.1 Å². The Bertz CT molecular complexity index is 883. The molecule has 0 spiro atoms. The maximum atomic E-state index is 6.53. The predicted octanol–water partition coefficient (Wildman–Crippen LogP) is 7.60. The van der Waals surface area contributed by atoms with Crippen molar-refractivity contribution in [3.05, 3.63) is 68.2 Å². The van der Waals surface area contributed by atoms with Crippen LogP contribution in [0, 0.1) is 0 Å². The molecule has 0 saturated heterocycles. The van der Waals surface area contributed by atoms with Gasteiger partial charge in [-0.25, -0.2) is 0 Å². The van der Waals surface area contributed by atoms with Crippen molar-refractivity contribution in [2.75, 3.05) is 13.2 Å². The Morgan fingerprint density at radius 3 is 2.47 bits per heavy atom. The first-order valence-electron chi connectivity index (χ1n) is 10.5. The van der Waals surface area contributed by atoms with Crippen LogP contribution in [0.1, 0.15) is 50.2 Å². The van der Waals surface area contributed by atoms with Gasteiger partial charge < -0.3 is 14.8 Å². The molecule has 3 rings (SSSR count). The highest BCUT2D eigenvalue weighted by Crippen LogP contribution is 2.35. The molecule has 162 valence electrons. The van der Waals surface area contributed by atoms with Crippen molar-refractivity contribution in [2.45, 2.75) is 52.2 Å². The molecular formula is C24H28Cl3NO2. The molecule has 2 aromatic carbocycles. The second-order valence-corrected chi connectivity index (χ2v) is 8.63. The standard InChI is InChI=1S/C24H28Cl3NO2/c1-2-29-23-12-19(15-28-11-10-17-6-4-3-5-7-17)22(27)14-24(23)30-16-18-8-9-20(25)13-21(18)26/h6,8-9,12-14,28H,2-5,7,10-11,15-16H2,1H3. The zero-order valence-corrected chi connectivity index (χ0v) is 19.5. The molecular weight excluding hydrogens is 441 g/mol. The van der Waals surface area contributed by atoms with E-state index in [1.165, 1.54) is 25.7 Å². The van der Waals surface area contributed by atoms with Crippen LogP contribution in [0.2, 0.25) is 15.1 Å². The number of halogens is 3. The second kappa shape index (κ2) is 11.9. The highest BCUT2D eigenvalue weighted by Gasteiger charge is 2.13. The molecule has 30 heavy (non-hydrogen) atoms. The van der Waals surface area contributed by atoms with E-state index in [0.29, 0.717) is 46.3 Å². The third-order valence-electron chi connectivity index (χ3n) is 5.13. The summed E-state index contributed by atoms with van der Waals surface area (Å²) in [6, 6.07) is 9.12. The van der Waals surface area contributed by atoms with Gasteiger partial charge in [-0.2, -0.15) is 0 Å². The molecule has 0 heterocycles. The zero-order chi connectivity index (χ0) is 21.3. The number of benzene rings is 2. The minimum Gasteiger partial charge on any atom is -0.490 e. The maximum absolute atomic E-state index is 6.53. The Morgan fingerprint density at radius 2 is 1.73 bits per heavy atom. The smallest absolute Gasteiger partial charge is 0.163 e. The molecule has 0 fully saturated rings. The Morgan fingerprint density at radius 1 is 0.933 bits per heavy atom. The van der Waals surface area contributed by atoms with Crippen molar-refractivity contribution in [1.29, 1.82) is 0 Å². The molecule has 0 radical (unpaired) electrons. The van der Waals surface area contributed by atoms with Crippen molar-refractivity contribution in [3.63, 3.8) is 0 Å². The average Bonchev–Trinajstić information content (AvgIpc) is 2.74. The molecule has 3 nitrogen and oxygen atoms in total. The third-order valence-corrected chi connectivity index (χ3v) is 6.07. The van der Waals surface area contributed by atoms with Crippen LogP contribution in [-0.4, -0.2) is 13.2 Å². The summed E-state index contributed by atoms with van der Waals surface area (Å²) in [7, 11) is 0. The molecule has 2 aromatic rings. The summed E-state index contributed by atoms with van der Waals surface area (Å²) in [5.41, 5.74) is 3.41. The summed E-state index contributed by atoms with van der Waals surface area (Å²) < 4.78 is 11.8. The highest BCUT2D eigenvalue weighted by molar-refractivity contribution is 6.35. The summed E-state index contributed by atoms with van der Waals surface area (Å²) in [5, 5.41) is 5.32. The summed E-state index contributed by atoms with van der Waals surface area (Å²) in [4.78, 5) is 0. The first-order valence-corrected chi connectivity index (χ1v) is 11.6. The summed E-state index contributed by atoms with van der Waals surface area (Å²) >= 11 is 18.7. The summed E-state index contributed by atoms with van der Waals surface area (Å²) in [6.45, 7) is 4.43. The van der Waals surface area contributed by atoms with Gasteiger partial charge in [0.15, 0.2) is 11.5 Å². The fourth-order valence-corrected chi connectivity index (χ4v) is 4.18. The lowest BCUT2D eigenvalue weighted by Crippen LogP contribution is -2.16. The van der Waals surface area contributed by atoms with E-state index in [9.17, 15) is 0 Å². The Balaban J connectivity index is 1.61. The van der Waals surface area contributed by atoms with E-state index < -0.39 is 0 Å². The number of nitrogens with one attached hydrogen (secondary N) is 1. The summed E-state index contributed by atoms with van der Waals surface area (Å²) in [6.07, 6.45) is 8.59. The van der Waals surface area contributed by atoms with Crippen LogP contribution in [0.15, 0.2) is 42.0 Å². The molecule has 0 saturated carbocycles. The molecule has 6 heteroatoms. The Labute approximate surface area is 194 Å². The number of allylic oxidation sites excluding steroid dienone is 1. The molecule has 0 atom stereocenters. The fourth-order valence-electron chi connectivity index (χ4n) is 3.49. The topological polar surface area (TPSA) is 30.5 Å². The van der Waals surface area contributed by atoms with Gasteiger partial charge in [0.2, 0.25) is 0 Å². The van der Waals surface area contributed by atoms with Crippen LogP contribution in [0.5, 0.6) is 11.5 Å². The van der Waals surface area contributed by atoms with Gasteiger partial charge in [0.25, 0.3) is 0 Å². The van der Waals surface area contributed by atoms with Crippen LogP contribution >= 0.6 is 34.8 Å². The van der Waals surface area contributed by atoms with E-state index in [1.54, 1.807) is 17.7 Å². The Hall–Kier alpha value is -1.39. The number of hydrogen-bond acceptors (Lipinski definition) is 3. The SMILES string of the molecule is CCOc1cc(CNCCC2=CCCCC2)c(Cl)cc1OCc1ccc(Cl)cc1Cl. The van der Waals surface area contributed by atoms with Crippen LogP contribution in [0.3, 0.4) is 0 Å². The molecule has 0 aliphatic heterocycles. The molecule has 0 amide bonds. The monoisotopic (exact) mass is 467 g/mol. The van der Waals surface area contributed by atoms with E-state index in [1.807, 2.05) is 25.1 Å². The van der Waals surface area contributed by atoms with Gasteiger partial charge in [0, 0.05) is 33.2 Å². The number of ether oxygens (including phenoxy) is 2. The quantitative estimate of drug-likeness (QED) is 0.287.